The van der Waals surface area contributed by atoms with Gasteiger partial charge >= 0.3 is 0 Å². The Morgan fingerprint density at radius 1 is 0.958 bits per heavy atom. The van der Waals surface area contributed by atoms with Crippen molar-refractivity contribution in [2.45, 2.75) is 12.8 Å². The number of anilines is 2. The van der Waals surface area contributed by atoms with Gasteiger partial charge in [0.05, 0.1) is 12.2 Å². The number of ether oxygens (including phenoxy) is 1. The standard InChI is InChI=1S/C19H18N4O/c1-2-7-16(8-3-1)23-12-9-17-18(23)21-14-22-19(17)24-13-10-15-6-4-5-11-20-15/h1-8,11,14H,9-10,12-13H2. The number of benzene rings is 1. The molecule has 0 spiro atoms. The van der Waals surface area contributed by atoms with E-state index in [0.29, 0.717) is 12.5 Å². The number of para-hydroxylation sites is 1. The van der Waals surface area contributed by atoms with E-state index in [1.165, 1.54) is 0 Å². The van der Waals surface area contributed by atoms with Crippen molar-refractivity contribution in [3.05, 3.63) is 72.3 Å². The Morgan fingerprint density at radius 3 is 2.67 bits per heavy atom. The number of rotatable bonds is 5. The average Bonchev–Trinajstić information content (AvgIpc) is 3.08. The first kappa shape index (κ1) is 14.6. The Balaban J connectivity index is 1.49. The van der Waals surface area contributed by atoms with Crippen LogP contribution in [0.3, 0.4) is 0 Å². The van der Waals surface area contributed by atoms with Crippen molar-refractivity contribution in [1.82, 2.24) is 15.0 Å². The molecule has 0 saturated heterocycles. The summed E-state index contributed by atoms with van der Waals surface area (Å²) in [4.78, 5) is 15.3. The smallest absolute Gasteiger partial charge is 0.221 e. The Morgan fingerprint density at radius 2 is 1.83 bits per heavy atom. The molecule has 0 aliphatic carbocycles. The molecule has 4 rings (SSSR count). The number of pyridine rings is 1. The fourth-order valence-corrected chi connectivity index (χ4v) is 2.95. The van der Waals surface area contributed by atoms with Crippen LogP contribution in [0, 0.1) is 0 Å². The molecule has 0 saturated carbocycles. The van der Waals surface area contributed by atoms with E-state index in [2.05, 4.69) is 32.0 Å². The van der Waals surface area contributed by atoms with Crippen molar-refractivity contribution in [2.24, 2.45) is 0 Å². The molecule has 1 aliphatic rings. The van der Waals surface area contributed by atoms with Crippen molar-refractivity contribution in [3.8, 4) is 5.88 Å². The van der Waals surface area contributed by atoms with E-state index in [1.54, 1.807) is 12.5 Å². The molecule has 0 bridgehead atoms. The van der Waals surface area contributed by atoms with Gasteiger partial charge in [0.15, 0.2) is 0 Å². The molecule has 1 aliphatic heterocycles. The van der Waals surface area contributed by atoms with Gasteiger partial charge in [-0.05, 0) is 30.7 Å². The molecule has 3 aromatic rings. The number of aromatic nitrogens is 3. The van der Waals surface area contributed by atoms with Crippen molar-refractivity contribution >= 4 is 11.5 Å². The Labute approximate surface area is 141 Å². The fraction of sp³-hybridized carbons (Fsp3) is 0.211. The van der Waals surface area contributed by atoms with Gasteiger partial charge in [0.25, 0.3) is 0 Å². The normalized spacial score (nSPS) is 12.9. The van der Waals surface area contributed by atoms with Crippen LogP contribution in [0.1, 0.15) is 11.3 Å². The second kappa shape index (κ2) is 6.66. The Hall–Kier alpha value is -2.95. The van der Waals surface area contributed by atoms with Crippen LogP contribution >= 0.6 is 0 Å². The molecule has 5 heteroatoms. The quantitative estimate of drug-likeness (QED) is 0.723. The van der Waals surface area contributed by atoms with E-state index < -0.39 is 0 Å². The highest BCUT2D eigenvalue weighted by atomic mass is 16.5. The molecule has 0 unspecified atom stereocenters. The minimum absolute atomic E-state index is 0.561. The average molecular weight is 318 g/mol. The van der Waals surface area contributed by atoms with Crippen LogP contribution in [0.4, 0.5) is 11.5 Å². The minimum atomic E-state index is 0.561. The molecule has 0 fully saturated rings. The van der Waals surface area contributed by atoms with Gasteiger partial charge in [-0.1, -0.05) is 24.3 Å². The number of nitrogens with zero attached hydrogens (tertiary/aromatic N) is 4. The third kappa shape index (κ3) is 2.93. The van der Waals surface area contributed by atoms with Gasteiger partial charge in [-0.3, -0.25) is 4.98 Å². The third-order valence-electron chi connectivity index (χ3n) is 4.12. The highest BCUT2D eigenvalue weighted by Crippen LogP contribution is 2.36. The van der Waals surface area contributed by atoms with Crippen molar-refractivity contribution < 1.29 is 4.74 Å². The molecule has 2 aromatic heterocycles. The molecular formula is C19H18N4O. The lowest BCUT2D eigenvalue weighted by molar-refractivity contribution is 0.305. The summed E-state index contributed by atoms with van der Waals surface area (Å²) in [6.07, 6.45) is 5.04. The van der Waals surface area contributed by atoms with Crippen LogP contribution < -0.4 is 9.64 Å². The summed E-state index contributed by atoms with van der Waals surface area (Å²) in [6.45, 7) is 1.46. The van der Waals surface area contributed by atoms with Crippen molar-refractivity contribution in [3.63, 3.8) is 0 Å². The van der Waals surface area contributed by atoms with Crippen LogP contribution in [0.15, 0.2) is 61.1 Å². The maximum atomic E-state index is 5.92. The zero-order valence-electron chi connectivity index (χ0n) is 13.3. The number of hydrogen-bond acceptors (Lipinski definition) is 5. The van der Waals surface area contributed by atoms with Crippen LogP contribution in [0.5, 0.6) is 5.88 Å². The van der Waals surface area contributed by atoms with Crippen molar-refractivity contribution in [2.75, 3.05) is 18.1 Å². The van der Waals surface area contributed by atoms with E-state index in [0.717, 1.165) is 42.1 Å². The molecule has 0 atom stereocenters. The summed E-state index contributed by atoms with van der Waals surface area (Å²) in [7, 11) is 0. The second-order valence-corrected chi connectivity index (χ2v) is 5.64. The number of fused-ring (bicyclic) bond motifs is 1. The predicted molar refractivity (Wildman–Crippen MR) is 92.6 cm³/mol. The summed E-state index contributed by atoms with van der Waals surface area (Å²) >= 11 is 0. The van der Waals surface area contributed by atoms with Gasteiger partial charge in [-0.25, -0.2) is 9.97 Å². The molecule has 0 radical (unpaired) electrons. The second-order valence-electron chi connectivity index (χ2n) is 5.64. The van der Waals surface area contributed by atoms with Gasteiger partial charge in [-0.15, -0.1) is 0 Å². The van der Waals surface area contributed by atoms with Gasteiger partial charge in [0.2, 0.25) is 5.88 Å². The first-order chi connectivity index (χ1) is 11.9. The van der Waals surface area contributed by atoms with E-state index in [1.807, 2.05) is 36.4 Å². The van der Waals surface area contributed by atoms with Gasteiger partial charge in [0.1, 0.15) is 12.1 Å². The lowest BCUT2D eigenvalue weighted by Crippen LogP contribution is -2.14. The minimum Gasteiger partial charge on any atom is -0.477 e. The van der Waals surface area contributed by atoms with Gasteiger partial charge in [0, 0.05) is 30.5 Å². The van der Waals surface area contributed by atoms with E-state index in [4.69, 9.17) is 4.74 Å². The SMILES string of the molecule is c1ccc(N2CCc3c(OCCc4ccccn4)ncnc32)cc1. The Kier molecular flexibility index (Phi) is 4.06. The predicted octanol–water partition coefficient (Wildman–Crippen LogP) is 3.19. The first-order valence-corrected chi connectivity index (χ1v) is 8.11. The molecular weight excluding hydrogens is 300 g/mol. The van der Waals surface area contributed by atoms with E-state index in [-0.39, 0.29) is 0 Å². The van der Waals surface area contributed by atoms with Gasteiger partial charge < -0.3 is 9.64 Å². The van der Waals surface area contributed by atoms with Crippen LogP contribution in [-0.2, 0) is 12.8 Å². The molecule has 5 nitrogen and oxygen atoms in total. The fourth-order valence-electron chi connectivity index (χ4n) is 2.95. The topological polar surface area (TPSA) is 51.1 Å². The maximum absolute atomic E-state index is 5.92. The van der Waals surface area contributed by atoms with Crippen molar-refractivity contribution in [1.29, 1.82) is 0 Å². The van der Waals surface area contributed by atoms with Crippen LogP contribution in [-0.4, -0.2) is 28.1 Å². The molecule has 1 aromatic carbocycles. The van der Waals surface area contributed by atoms with Crippen LogP contribution in [0.2, 0.25) is 0 Å². The summed E-state index contributed by atoms with van der Waals surface area (Å²) in [5.41, 5.74) is 3.26. The molecule has 120 valence electrons. The Bertz CT molecular complexity index is 808. The third-order valence-corrected chi connectivity index (χ3v) is 4.12. The molecule has 3 heterocycles. The number of hydrogen-bond donors (Lipinski definition) is 0. The first-order valence-electron chi connectivity index (χ1n) is 8.11. The van der Waals surface area contributed by atoms with Crippen LogP contribution in [0.25, 0.3) is 0 Å². The maximum Gasteiger partial charge on any atom is 0.221 e. The monoisotopic (exact) mass is 318 g/mol. The highest BCUT2D eigenvalue weighted by Gasteiger charge is 2.25. The zero-order valence-corrected chi connectivity index (χ0v) is 13.3. The summed E-state index contributed by atoms with van der Waals surface area (Å²) < 4.78 is 5.92. The van der Waals surface area contributed by atoms with E-state index in [9.17, 15) is 0 Å². The summed E-state index contributed by atoms with van der Waals surface area (Å²) in [6, 6.07) is 16.2. The zero-order chi connectivity index (χ0) is 16.2. The highest BCUT2D eigenvalue weighted by molar-refractivity contribution is 5.67. The summed E-state index contributed by atoms with van der Waals surface area (Å²) in [5.74, 6) is 1.64. The van der Waals surface area contributed by atoms with Gasteiger partial charge in [-0.2, -0.15) is 0 Å². The summed E-state index contributed by atoms with van der Waals surface area (Å²) in [5, 5.41) is 0. The lowest BCUT2D eigenvalue weighted by atomic mass is 10.2. The molecule has 0 N–H and O–H groups in total. The molecule has 24 heavy (non-hydrogen) atoms. The van der Waals surface area contributed by atoms with E-state index >= 15 is 0 Å². The molecule has 0 amide bonds. The largest absolute Gasteiger partial charge is 0.477 e. The lowest BCUT2D eigenvalue weighted by Gasteiger charge is -2.18.